The molecule has 0 spiro atoms. The van der Waals surface area contributed by atoms with Crippen LogP contribution < -0.4 is 10.0 Å². The molecule has 0 aliphatic carbocycles. The molecule has 0 radical (unpaired) electrons. The molecule has 138 valence electrons. The highest BCUT2D eigenvalue weighted by Crippen LogP contribution is 2.30. The van der Waals surface area contributed by atoms with Crippen LogP contribution in [0.25, 0.3) is 0 Å². The second kappa shape index (κ2) is 6.40. The van der Waals surface area contributed by atoms with E-state index in [1.807, 2.05) is 6.07 Å². The molecule has 3 heterocycles. The first kappa shape index (κ1) is 17.0. The lowest BCUT2D eigenvalue weighted by Gasteiger charge is -2.39. The Kier molecular flexibility index (Phi) is 4.20. The minimum absolute atomic E-state index is 0.0143. The first-order valence-electron chi connectivity index (χ1n) is 8.61. The Morgan fingerprint density at radius 3 is 2.85 bits per heavy atom. The van der Waals surface area contributed by atoms with E-state index in [1.165, 1.54) is 0 Å². The molecule has 2 atom stereocenters. The summed E-state index contributed by atoms with van der Waals surface area (Å²) in [5.74, 6) is -0.131. The number of aromatic nitrogens is 2. The maximum absolute atomic E-state index is 12.7. The van der Waals surface area contributed by atoms with Gasteiger partial charge in [-0.2, -0.15) is 9.82 Å². The number of carbonyl (C=O) groups excluding carboxylic acids is 1. The van der Waals surface area contributed by atoms with Crippen LogP contribution in [0.15, 0.2) is 41.4 Å². The number of benzene rings is 1. The van der Waals surface area contributed by atoms with E-state index in [1.54, 1.807) is 47.1 Å². The number of nitrogens with one attached hydrogen (secondary N) is 2. The minimum atomic E-state index is -3.56. The van der Waals surface area contributed by atoms with Crippen molar-refractivity contribution in [3.8, 4) is 0 Å². The summed E-state index contributed by atoms with van der Waals surface area (Å²) < 4.78 is 29.4. The molecule has 2 N–H and O–H groups in total. The van der Waals surface area contributed by atoms with Crippen LogP contribution in [0.4, 0.5) is 5.69 Å². The number of sulfonamides is 1. The molecule has 1 saturated heterocycles. The number of hydrogen-bond donors (Lipinski definition) is 2. The molecule has 1 aromatic carbocycles. The summed E-state index contributed by atoms with van der Waals surface area (Å²) in [6.45, 7) is 1.14. The van der Waals surface area contributed by atoms with Crippen molar-refractivity contribution >= 4 is 21.6 Å². The van der Waals surface area contributed by atoms with E-state index in [0.29, 0.717) is 24.5 Å². The van der Waals surface area contributed by atoms with Crippen LogP contribution in [0.3, 0.4) is 0 Å². The van der Waals surface area contributed by atoms with Gasteiger partial charge in [0.1, 0.15) is 10.6 Å². The number of aryl methyl sites for hydroxylation is 1. The van der Waals surface area contributed by atoms with Crippen molar-refractivity contribution in [2.75, 3.05) is 18.4 Å². The van der Waals surface area contributed by atoms with Crippen molar-refractivity contribution < 1.29 is 13.2 Å². The number of piperidine rings is 1. The lowest BCUT2D eigenvalue weighted by atomic mass is 9.94. The smallest absolute Gasteiger partial charge is 0.274 e. The lowest BCUT2D eigenvalue weighted by Crippen LogP contribution is -2.54. The molecule has 4 rings (SSSR count). The largest absolute Gasteiger partial charge is 0.368 e. The highest BCUT2D eigenvalue weighted by Gasteiger charge is 2.36. The van der Waals surface area contributed by atoms with E-state index in [-0.39, 0.29) is 16.7 Å². The summed E-state index contributed by atoms with van der Waals surface area (Å²) in [4.78, 5) is 14.7. The van der Waals surface area contributed by atoms with Crippen LogP contribution in [0.1, 0.15) is 23.3 Å². The van der Waals surface area contributed by atoms with E-state index < -0.39 is 16.2 Å². The molecule has 1 amide bonds. The van der Waals surface area contributed by atoms with E-state index >= 15 is 0 Å². The van der Waals surface area contributed by atoms with Gasteiger partial charge in [-0.25, -0.2) is 8.42 Å². The number of fused-ring (bicyclic) bond motifs is 1. The van der Waals surface area contributed by atoms with Crippen molar-refractivity contribution in [1.29, 1.82) is 0 Å². The van der Waals surface area contributed by atoms with Crippen LogP contribution in [0.5, 0.6) is 0 Å². The standard InChI is InChI=1S/C17H21N5O3S/c1-21-10-8-14(19-21)17(23)22-9-4-5-12(11-22)16-18-13-6-2-3-7-15(13)26(24,25)20-16/h2-3,6-8,10,12,16,18,20H,4-5,9,11H2,1H3. The summed E-state index contributed by atoms with van der Waals surface area (Å²) in [6.07, 6.45) is 2.97. The van der Waals surface area contributed by atoms with E-state index in [9.17, 15) is 13.2 Å². The third-order valence-corrected chi connectivity index (χ3v) is 6.42. The molecule has 0 bridgehead atoms. The average molecular weight is 375 g/mol. The van der Waals surface area contributed by atoms with Gasteiger partial charge in [-0.1, -0.05) is 12.1 Å². The maximum Gasteiger partial charge on any atom is 0.274 e. The number of para-hydroxylation sites is 1. The Morgan fingerprint density at radius 1 is 1.27 bits per heavy atom. The minimum Gasteiger partial charge on any atom is -0.368 e. The van der Waals surface area contributed by atoms with Crippen molar-refractivity contribution in [2.45, 2.75) is 23.9 Å². The first-order valence-corrected chi connectivity index (χ1v) is 10.1. The highest BCUT2D eigenvalue weighted by molar-refractivity contribution is 7.89. The quantitative estimate of drug-likeness (QED) is 0.816. The van der Waals surface area contributed by atoms with Gasteiger partial charge in [0.05, 0.1) is 11.9 Å². The van der Waals surface area contributed by atoms with Crippen molar-refractivity contribution in [3.05, 3.63) is 42.2 Å². The van der Waals surface area contributed by atoms with Gasteiger partial charge in [-0.15, -0.1) is 0 Å². The SMILES string of the molecule is Cn1ccc(C(=O)N2CCCC(C3Nc4ccccc4S(=O)(=O)N3)C2)n1. The molecule has 1 aromatic heterocycles. The Balaban J connectivity index is 1.53. The summed E-state index contributed by atoms with van der Waals surface area (Å²) in [7, 11) is -1.79. The van der Waals surface area contributed by atoms with Crippen LogP contribution in [0, 0.1) is 5.92 Å². The van der Waals surface area contributed by atoms with Gasteiger partial charge in [0, 0.05) is 32.3 Å². The fourth-order valence-corrected chi connectivity index (χ4v) is 5.01. The molecule has 8 nitrogen and oxygen atoms in total. The summed E-state index contributed by atoms with van der Waals surface area (Å²) >= 11 is 0. The van der Waals surface area contributed by atoms with Crippen molar-refractivity contribution in [2.24, 2.45) is 13.0 Å². The second-order valence-electron chi connectivity index (χ2n) is 6.77. The molecule has 2 aromatic rings. The van der Waals surface area contributed by atoms with Gasteiger partial charge in [-0.3, -0.25) is 9.48 Å². The molecular weight excluding hydrogens is 354 g/mol. The molecule has 2 unspecified atom stereocenters. The first-order chi connectivity index (χ1) is 12.4. The predicted molar refractivity (Wildman–Crippen MR) is 96.0 cm³/mol. The van der Waals surface area contributed by atoms with Gasteiger partial charge < -0.3 is 10.2 Å². The van der Waals surface area contributed by atoms with Gasteiger partial charge in [-0.05, 0) is 31.0 Å². The third-order valence-electron chi connectivity index (χ3n) is 4.92. The zero-order valence-corrected chi connectivity index (χ0v) is 15.2. The fourth-order valence-electron chi connectivity index (χ4n) is 3.62. The third kappa shape index (κ3) is 3.08. The van der Waals surface area contributed by atoms with Crippen molar-refractivity contribution in [3.63, 3.8) is 0 Å². The van der Waals surface area contributed by atoms with Gasteiger partial charge in [0.15, 0.2) is 0 Å². The topological polar surface area (TPSA) is 96.3 Å². The predicted octanol–water partition coefficient (Wildman–Crippen LogP) is 1.00. The zero-order valence-electron chi connectivity index (χ0n) is 14.4. The molecule has 26 heavy (non-hydrogen) atoms. The lowest BCUT2D eigenvalue weighted by molar-refractivity contribution is 0.0652. The number of rotatable bonds is 2. The molecule has 9 heteroatoms. The normalized spacial score (nSPS) is 24.6. The van der Waals surface area contributed by atoms with Gasteiger partial charge in [0.2, 0.25) is 10.0 Å². The number of amides is 1. The molecule has 0 saturated carbocycles. The molecular formula is C17H21N5O3S. The summed E-state index contributed by atoms with van der Waals surface area (Å²) in [6, 6.07) is 8.55. The van der Waals surface area contributed by atoms with Gasteiger partial charge >= 0.3 is 0 Å². The number of nitrogens with zero attached hydrogens (tertiary/aromatic N) is 3. The number of likely N-dealkylation sites (tertiary alicyclic amines) is 1. The van der Waals surface area contributed by atoms with Crippen LogP contribution in [0.2, 0.25) is 0 Å². The molecule has 2 aliphatic rings. The average Bonchev–Trinajstić information content (AvgIpc) is 3.07. The van der Waals surface area contributed by atoms with Crippen LogP contribution >= 0.6 is 0 Å². The summed E-state index contributed by atoms with van der Waals surface area (Å²) in [5.41, 5.74) is 1.01. The van der Waals surface area contributed by atoms with Crippen LogP contribution in [-0.2, 0) is 17.1 Å². The monoisotopic (exact) mass is 375 g/mol. The van der Waals surface area contributed by atoms with E-state index in [2.05, 4.69) is 15.1 Å². The van der Waals surface area contributed by atoms with Gasteiger partial charge in [0.25, 0.3) is 5.91 Å². The molecule has 2 aliphatic heterocycles. The number of carbonyl (C=O) groups is 1. The Morgan fingerprint density at radius 2 is 2.08 bits per heavy atom. The highest BCUT2D eigenvalue weighted by atomic mass is 32.2. The summed E-state index contributed by atoms with van der Waals surface area (Å²) in [5, 5.41) is 7.45. The molecule has 1 fully saturated rings. The zero-order chi connectivity index (χ0) is 18.3. The second-order valence-corrected chi connectivity index (χ2v) is 8.45. The van der Waals surface area contributed by atoms with Crippen LogP contribution in [-0.4, -0.2) is 48.3 Å². The Labute approximate surface area is 152 Å². The number of hydrogen-bond acceptors (Lipinski definition) is 5. The number of anilines is 1. The Hall–Kier alpha value is -2.39. The van der Waals surface area contributed by atoms with Crippen molar-refractivity contribution in [1.82, 2.24) is 19.4 Å². The fraction of sp³-hybridized carbons (Fsp3) is 0.412. The van der Waals surface area contributed by atoms with E-state index in [0.717, 1.165) is 12.8 Å². The van der Waals surface area contributed by atoms with E-state index in [4.69, 9.17) is 0 Å². The Bertz CT molecular complexity index is 939. The maximum atomic E-state index is 12.7.